The largest absolute Gasteiger partial charge is 0.334 e. The van der Waals surface area contributed by atoms with Crippen molar-refractivity contribution in [3.8, 4) is 10.7 Å². The molecule has 2 amide bonds. The van der Waals surface area contributed by atoms with E-state index in [1.165, 1.54) is 11.3 Å². The fraction of sp³-hybridized carbons (Fsp3) is 0.125. The van der Waals surface area contributed by atoms with Crippen LogP contribution in [0, 0.1) is 0 Å². The number of carbonyl (C=O) groups excluding carboxylic acids is 1. The van der Waals surface area contributed by atoms with Crippen LogP contribution in [0.5, 0.6) is 0 Å². The first kappa shape index (κ1) is 21.7. The minimum absolute atomic E-state index is 0.218. The van der Waals surface area contributed by atoms with Crippen molar-refractivity contribution in [3.05, 3.63) is 98.8 Å². The summed E-state index contributed by atoms with van der Waals surface area (Å²) in [4.78, 5) is 20.4. The molecule has 0 saturated carbocycles. The maximum atomic E-state index is 13.2. The summed E-state index contributed by atoms with van der Waals surface area (Å²) in [6.07, 6.45) is 0. The van der Waals surface area contributed by atoms with Gasteiger partial charge in [0.2, 0.25) is 5.82 Å². The average Bonchev–Trinajstić information content (AvgIpc) is 3.50. The van der Waals surface area contributed by atoms with E-state index in [-0.39, 0.29) is 6.03 Å². The molecule has 0 bridgehead atoms. The van der Waals surface area contributed by atoms with E-state index >= 15 is 0 Å². The summed E-state index contributed by atoms with van der Waals surface area (Å²) in [6, 6.07) is 17.9. The van der Waals surface area contributed by atoms with E-state index in [0.29, 0.717) is 28.3 Å². The Hall–Kier alpha value is -3.13. The molecule has 2 aromatic heterocycles. The van der Waals surface area contributed by atoms with Crippen molar-refractivity contribution >= 4 is 46.1 Å². The molecule has 1 aliphatic rings. The standard InChI is InChI=1S/C24H18Cl2N4O2S/c1-14-20(23-28-22(29-32-23)19-3-2-12-33-19)21(16-6-10-18(26)11-7-16)27-24(31)30(14)13-15-4-8-17(25)9-5-15/h2-12,21H,13H2,1H3,(H,27,31). The van der Waals surface area contributed by atoms with Crippen molar-refractivity contribution in [2.75, 3.05) is 0 Å². The number of aromatic nitrogens is 2. The number of hydrogen-bond acceptors (Lipinski definition) is 5. The van der Waals surface area contributed by atoms with Crippen LogP contribution in [-0.2, 0) is 6.54 Å². The van der Waals surface area contributed by atoms with Gasteiger partial charge < -0.3 is 9.84 Å². The van der Waals surface area contributed by atoms with E-state index in [2.05, 4.69) is 15.5 Å². The molecule has 1 N–H and O–H groups in total. The number of thiophene rings is 1. The Morgan fingerprint density at radius 1 is 1.06 bits per heavy atom. The quantitative estimate of drug-likeness (QED) is 0.329. The Bertz CT molecular complexity index is 1320. The molecular weight excluding hydrogens is 479 g/mol. The van der Waals surface area contributed by atoms with Gasteiger partial charge in [0.05, 0.1) is 23.0 Å². The lowest BCUT2D eigenvalue weighted by molar-refractivity contribution is 0.203. The maximum Gasteiger partial charge on any atom is 0.322 e. The molecule has 0 radical (unpaired) electrons. The first-order chi connectivity index (χ1) is 16.0. The Labute approximate surface area is 204 Å². The Kier molecular flexibility index (Phi) is 5.93. The molecule has 1 unspecified atom stereocenters. The lowest BCUT2D eigenvalue weighted by Gasteiger charge is -2.35. The molecule has 6 nitrogen and oxygen atoms in total. The molecule has 2 aromatic carbocycles. The summed E-state index contributed by atoms with van der Waals surface area (Å²) in [5, 5.41) is 10.5. The first-order valence-corrected chi connectivity index (χ1v) is 11.8. The Balaban J connectivity index is 1.59. The molecule has 33 heavy (non-hydrogen) atoms. The van der Waals surface area contributed by atoms with Crippen LogP contribution in [0.1, 0.15) is 30.0 Å². The second-order valence-corrected chi connectivity index (χ2v) is 9.37. The average molecular weight is 497 g/mol. The number of amides is 2. The van der Waals surface area contributed by atoms with Crippen LogP contribution in [0.25, 0.3) is 16.3 Å². The SMILES string of the molecule is CC1=C(c2nc(-c3cccs3)no2)C(c2ccc(Cl)cc2)NC(=O)N1Cc1ccc(Cl)cc1. The van der Waals surface area contributed by atoms with Crippen LogP contribution in [0.2, 0.25) is 10.0 Å². The number of urea groups is 1. The highest BCUT2D eigenvalue weighted by Crippen LogP contribution is 2.38. The van der Waals surface area contributed by atoms with Crippen molar-refractivity contribution in [2.45, 2.75) is 19.5 Å². The third-order valence-electron chi connectivity index (χ3n) is 5.45. The number of carbonyl (C=O) groups is 1. The molecule has 0 fully saturated rings. The summed E-state index contributed by atoms with van der Waals surface area (Å²) >= 11 is 13.6. The zero-order valence-electron chi connectivity index (χ0n) is 17.5. The zero-order valence-corrected chi connectivity index (χ0v) is 19.8. The smallest absolute Gasteiger partial charge is 0.322 e. The van der Waals surface area contributed by atoms with Gasteiger partial charge in [-0.3, -0.25) is 4.90 Å². The molecule has 1 aliphatic heterocycles. The molecule has 166 valence electrons. The summed E-state index contributed by atoms with van der Waals surface area (Å²) in [5.74, 6) is 0.869. The fourth-order valence-corrected chi connectivity index (χ4v) is 4.67. The second kappa shape index (κ2) is 9.02. The fourth-order valence-electron chi connectivity index (χ4n) is 3.77. The predicted molar refractivity (Wildman–Crippen MR) is 130 cm³/mol. The molecule has 1 atom stereocenters. The number of nitrogens with one attached hydrogen (secondary N) is 1. The summed E-state index contributed by atoms with van der Waals surface area (Å²) in [6.45, 7) is 2.26. The lowest BCUT2D eigenvalue weighted by atomic mass is 9.94. The normalized spacial score (nSPS) is 16.3. The van der Waals surface area contributed by atoms with Crippen molar-refractivity contribution < 1.29 is 9.32 Å². The predicted octanol–water partition coefficient (Wildman–Crippen LogP) is 6.80. The van der Waals surface area contributed by atoms with Crippen LogP contribution in [0.15, 0.2) is 76.3 Å². The van der Waals surface area contributed by atoms with Gasteiger partial charge in [-0.05, 0) is 53.8 Å². The van der Waals surface area contributed by atoms with Crippen molar-refractivity contribution in [1.82, 2.24) is 20.4 Å². The molecule has 9 heteroatoms. The molecular formula is C24H18Cl2N4O2S. The number of allylic oxidation sites excluding steroid dienone is 1. The van der Waals surface area contributed by atoms with Gasteiger partial charge in [-0.1, -0.05) is 58.7 Å². The highest BCUT2D eigenvalue weighted by Gasteiger charge is 2.35. The van der Waals surface area contributed by atoms with Gasteiger partial charge in [-0.25, -0.2) is 4.79 Å². The minimum atomic E-state index is -0.465. The second-order valence-electron chi connectivity index (χ2n) is 7.55. The van der Waals surface area contributed by atoms with Gasteiger partial charge in [0, 0.05) is 15.7 Å². The van der Waals surface area contributed by atoms with E-state index in [1.54, 1.807) is 29.2 Å². The highest BCUT2D eigenvalue weighted by molar-refractivity contribution is 7.13. The topological polar surface area (TPSA) is 71.3 Å². The van der Waals surface area contributed by atoms with Crippen LogP contribution in [0.4, 0.5) is 4.79 Å². The van der Waals surface area contributed by atoms with Gasteiger partial charge in [0.1, 0.15) is 0 Å². The molecule has 5 rings (SSSR count). The summed E-state index contributed by atoms with van der Waals surface area (Å²) < 4.78 is 5.69. The molecule has 0 aliphatic carbocycles. The zero-order chi connectivity index (χ0) is 22.9. The third kappa shape index (κ3) is 4.39. The van der Waals surface area contributed by atoms with Gasteiger partial charge in [0.25, 0.3) is 5.89 Å². The number of nitrogens with zero attached hydrogens (tertiary/aromatic N) is 3. The molecule has 3 heterocycles. The van der Waals surface area contributed by atoms with Gasteiger partial charge >= 0.3 is 6.03 Å². The maximum absolute atomic E-state index is 13.2. The minimum Gasteiger partial charge on any atom is -0.334 e. The van der Waals surface area contributed by atoms with E-state index in [4.69, 9.17) is 27.7 Å². The number of halogens is 2. The van der Waals surface area contributed by atoms with Crippen LogP contribution < -0.4 is 5.32 Å². The van der Waals surface area contributed by atoms with Crippen molar-refractivity contribution in [1.29, 1.82) is 0 Å². The van der Waals surface area contributed by atoms with Gasteiger partial charge in [0.15, 0.2) is 0 Å². The van der Waals surface area contributed by atoms with Crippen LogP contribution in [0.3, 0.4) is 0 Å². The Morgan fingerprint density at radius 2 is 1.76 bits per heavy atom. The lowest BCUT2D eigenvalue weighted by Crippen LogP contribution is -2.45. The molecule has 0 spiro atoms. The van der Waals surface area contributed by atoms with Crippen molar-refractivity contribution in [3.63, 3.8) is 0 Å². The summed E-state index contributed by atoms with van der Waals surface area (Å²) in [7, 11) is 0. The van der Waals surface area contributed by atoms with Crippen molar-refractivity contribution in [2.24, 2.45) is 0 Å². The van der Waals surface area contributed by atoms with Crippen LogP contribution in [-0.4, -0.2) is 21.1 Å². The highest BCUT2D eigenvalue weighted by atomic mass is 35.5. The monoisotopic (exact) mass is 496 g/mol. The van der Waals surface area contributed by atoms with Gasteiger partial charge in [-0.15, -0.1) is 11.3 Å². The number of hydrogen-bond donors (Lipinski definition) is 1. The van der Waals surface area contributed by atoms with Gasteiger partial charge in [-0.2, -0.15) is 4.98 Å². The van der Waals surface area contributed by atoms with Crippen LogP contribution >= 0.6 is 34.5 Å². The van der Waals surface area contributed by atoms with E-state index in [0.717, 1.165) is 27.3 Å². The summed E-state index contributed by atoms with van der Waals surface area (Å²) in [5.41, 5.74) is 3.28. The van der Waals surface area contributed by atoms with E-state index in [9.17, 15) is 4.79 Å². The Morgan fingerprint density at radius 3 is 2.42 bits per heavy atom. The van der Waals surface area contributed by atoms with E-state index < -0.39 is 6.04 Å². The molecule has 0 saturated heterocycles. The third-order valence-corrected chi connectivity index (χ3v) is 6.82. The molecule has 4 aromatic rings. The van der Waals surface area contributed by atoms with E-state index in [1.807, 2.05) is 48.7 Å². The number of rotatable bonds is 5. The first-order valence-electron chi connectivity index (χ1n) is 10.2. The number of benzene rings is 2.